The van der Waals surface area contributed by atoms with Gasteiger partial charge in [0.1, 0.15) is 25.9 Å². The molecule has 3 saturated carbocycles. The van der Waals surface area contributed by atoms with Crippen LogP contribution in [0.5, 0.6) is 0 Å². The fourth-order valence-corrected chi connectivity index (χ4v) is 6.54. The highest BCUT2D eigenvalue weighted by atomic mass is 16.6. The van der Waals surface area contributed by atoms with Crippen LogP contribution in [0.2, 0.25) is 0 Å². The fraction of sp³-hybridized carbons (Fsp3) is 0.900. The summed E-state index contributed by atoms with van der Waals surface area (Å²) in [7, 11) is 0. The van der Waals surface area contributed by atoms with Gasteiger partial charge < -0.3 is 42.6 Å². The predicted molar refractivity (Wildman–Crippen MR) is 142 cm³/mol. The first-order valence-electron chi connectivity index (χ1n) is 15.8. The van der Waals surface area contributed by atoms with Crippen molar-refractivity contribution in [2.45, 2.75) is 101 Å². The van der Waals surface area contributed by atoms with Crippen LogP contribution in [0.3, 0.4) is 0 Å². The van der Waals surface area contributed by atoms with Crippen LogP contribution in [0.25, 0.3) is 0 Å². The molecule has 3 saturated heterocycles. The highest BCUT2D eigenvalue weighted by Crippen LogP contribution is 2.41. The van der Waals surface area contributed by atoms with E-state index in [-0.39, 0.29) is 107 Å². The summed E-state index contributed by atoms with van der Waals surface area (Å²) < 4.78 is 50.0. The number of ether oxygens (including phenoxy) is 9. The van der Waals surface area contributed by atoms with Crippen molar-refractivity contribution in [3.05, 3.63) is 0 Å². The second-order valence-electron chi connectivity index (χ2n) is 12.3. The average Bonchev–Trinajstić information content (AvgIpc) is 3.89. The van der Waals surface area contributed by atoms with Crippen molar-refractivity contribution in [3.63, 3.8) is 0 Å². The Morgan fingerprint density at radius 1 is 0.500 bits per heavy atom. The summed E-state index contributed by atoms with van der Waals surface area (Å²) in [6.07, 6.45) is 8.62. The van der Waals surface area contributed by atoms with Gasteiger partial charge in [-0.25, -0.2) is 0 Å². The molecule has 6 aliphatic rings. The fourth-order valence-electron chi connectivity index (χ4n) is 6.54. The average molecular weight is 597 g/mol. The Balaban J connectivity index is 0.851. The van der Waals surface area contributed by atoms with E-state index in [4.69, 9.17) is 42.6 Å². The second-order valence-corrected chi connectivity index (χ2v) is 12.3. The highest BCUT2D eigenvalue weighted by molar-refractivity contribution is 5.73. The van der Waals surface area contributed by atoms with Crippen LogP contribution < -0.4 is 0 Å². The molecule has 12 nitrogen and oxygen atoms in total. The zero-order chi connectivity index (χ0) is 28.9. The first kappa shape index (κ1) is 30.2. The minimum atomic E-state index is -0.435. The molecule has 3 aliphatic heterocycles. The third-order valence-corrected chi connectivity index (χ3v) is 9.25. The lowest BCUT2D eigenvalue weighted by atomic mass is 9.89. The molecule has 3 aliphatic carbocycles. The van der Waals surface area contributed by atoms with E-state index in [0.29, 0.717) is 18.3 Å². The Morgan fingerprint density at radius 2 is 0.881 bits per heavy atom. The molecule has 0 spiro atoms. The third kappa shape index (κ3) is 8.63. The lowest BCUT2D eigenvalue weighted by molar-refractivity contribution is -0.155. The van der Waals surface area contributed by atoms with Crippen LogP contribution >= 0.6 is 0 Å². The van der Waals surface area contributed by atoms with E-state index in [1.54, 1.807) is 0 Å². The lowest BCUT2D eigenvalue weighted by Gasteiger charge is -2.21. The van der Waals surface area contributed by atoms with Crippen molar-refractivity contribution in [2.24, 2.45) is 17.8 Å². The van der Waals surface area contributed by atoms with E-state index in [9.17, 15) is 14.4 Å². The zero-order valence-corrected chi connectivity index (χ0v) is 24.2. The SMILES string of the molecule is O=C(OCCOCC(COCCOC(=O)C1CCC2OC2C1)OCCOC(=O)C1CCC2OC2C1)C1CCC2OC2C1. The minimum Gasteiger partial charge on any atom is -0.463 e. The summed E-state index contributed by atoms with van der Waals surface area (Å²) in [5.74, 6) is -0.902. The number of epoxide rings is 3. The van der Waals surface area contributed by atoms with Gasteiger partial charge in [-0.3, -0.25) is 14.4 Å². The van der Waals surface area contributed by atoms with Crippen LogP contribution in [0, 0.1) is 17.8 Å². The number of rotatable bonds is 17. The number of fused-ring (bicyclic) bond motifs is 3. The predicted octanol–water partition coefficient (Wildman–Crippen LogP) is 1.74. The van der Waals surface area contributed by atoms with Gasteiger partial charge in [-0.05, 0) is 57.8 Å². The normalized spacial score (nSPS) is 36.4. The van der Waals surface area contributed by atoms with Gasteiger partial charge in [0.05, 0.1) is 87.4 Å². The molecular weight excluding hydrogens is 552 g/mol. The number of carbonyl (C=O) groups is 3. The molecule has 3 heterocycles. The van der Waals surface area contributed by atoms with E-state index < -0.39 is 6.10 Å². The lowest BCUT2D eigenvalue weighted by Crippen LogP contribution is -2.30. The van der Waals surface area contributed by atoms with Crippen LogP contribution in [0.15, 0.2) is 0 Å². The number of esters is 3. The van der Waals surface area contributed by atoms with Gasteiger partial charge in [0, 0.05) is 0 Å². The molecule has 6 rings (SSSR count). The molecule has 0 aromatic carbocycles. The molecule has 12 heteroatoms. The maximum Gasteiger partial charge on any atom is 0.309 e. The van der Waals surface area contributed by atoms with E-state index in [1.807, 2.05) is 0 Å². The van der Waals surface area contributed by atoms with Crippen molar-refractivity contribution >= 4 is 17.9 Å². The molecule has 42 heavy (non-hydrogen) atoms. The Kier molecular flexibility index (Phi) is 10.3. The van der Waals surface area contributed by atoms with Gasteiger partial charge in [-0.2, -0.15) is 0 Å². The monoisotopic (exact) mass is 596 g/mol. The largest absolute Gasteiger partial charge is 0.463 e. The summed E-state index contributed by atoms with van der Waals surface area (Å²) in [6, 6.07) is 0. The van der Waals surface area contributed by atoms with Crippen LogP contribution in [0.1, 0.15) is 57.8 Å². The number of hydrogen-bond donors (Lipinski definition) is 0. The molecule has 236 valence electrons. The van der Waals surface area contributed by atoms with Gasteiger partial charge in [0.25, 0.3) is 0 Å². The molecule has 9 unspecified atom stereocenters. The van der Waals surface area contributed by atoms with Crippen LogP contribution in [-0.2, 0) is 57.0 Å². The number of carbonyl (C=O) groups excluding carboxylic acids is 3. The molecule has 0 aromatic heterocycles. The maximum atomic E-state index is 12.4. The topological polar surface area (TPSA) is 144 Å². The maximum absolute atomic E-state index is 12.4. The van der Waals surface area contributed by atoms with Gasteiger partial charge in [-0.1, -0.05) is 0 Å². The van der Waals surface area contributed by atoms with E-state index in [1.165, 1.54) is 0 Å². The molecule has 0 radical (unpaired) electrons. The van der Waals surface area contributed by atoms with Crippen molar-refractivity contribution in [3.8, 4) is 0 Å². The summed E-state index contributed by atoms with van der Waals surface area (Å²) in [5.41, 5.74) is 0. The van der Waals surface area contributed by atoms with Crippen molar-refractivity contribution < 1.29 is 57.0 Å². The van der Waals surface area contributed by atoms with Crippen molar-refractivity contribution in [1.82, 2.24) is 0 Å². The van der Waals surface area contributed by atoms with Gasteiger partial charge >= 0.3 is 17.9 Å². The Bertz CT molecular complexity index is 893. The van der Waals surface area contributed by atoms with Crippen molar-refractivity contribution in [1.29, 1.82) is 0 Å². The molecule has 0 amide bonds. The van der Waals surface area contributed by atoms with E-state index in [2.05, 4.69) is 0 Å². The Morgan fingerprint density at radius 3 is 1.26 bits per heavy atom. The minimum absolute atomic E-state index is 0.0982. The quantitative estimate of drug-likeness (QED) is 0.104. The first-order valence-corrected chi connectivity index (χ1v) is 15.8. The summed E-state index contributed by atoms with van der Waals surface area (Å²) in [6.45, 7) is 1.52. The second kappa shape index (κ2) is 14.3. The summed E-state index contributed by atoms with van der Waals surface area (Å²) in [5, 5.41) is 0. The van der Waals surface area contributed by atoms with Gasteiger partial charge in [0.2, 0.25) is 0 Å². The van der Waals surface area contributed by atoms with E-state index in [0.717, 1.165) is 57.8 Å². The van der Waals surface area contributed by atoms with Crippen LogP contribution in [-0.4, -0.2) is 113 Å². The van der Waals surface area contributed by atoms with Crippen LogP contribution in [0.4, 0.5) is 0 Å². The molecule has 0 aromatic rings. The summed E-state index contributed by atoms with van der Waals surface area (Å²) in [4.78, 5) is 37.0. The van der Waals surface area contributed by atoms with Gasteiger partial charge in [0.15, 0.2) is 0 Å². The molecule has 9 atom stereocenters. The summed E-state index contributed by atoms with van der Waals surface area (Å²) >= 11 is 0. The Hall–Kier alpha value is -1.83. The highest BCUT2D eigenvalue weighted by Gasteiger charge is 2.47. The Labute approximate surface area is 246 Å². The third-order valence-electron chi connectivity index (χ3n) is 9.25. The zero-order valence-electron chi connectivity index (χ0n) is 24.2. The standard InChI is InChI=1S/C30H44O12/c31-28(18-1-4-22-25(13-18)40-22)37-9-7-34-16-21(36-11-12-39-30(33)20-3-6-24-27(15-20)42-24)17-35-8-10-38-29(32)19-2-5-23-26(14-19)41-23/h18-27H,1-17H2. The van der Waals surface area contributed by atoms with Gasteiger partial charge in [-0.15, -0.1) is 0 Å². The molecule has 6 fully saturated rings. The molecular formula is C30H44O12. The molecule has 0 bridgehead atoms. The number of hydrogen-bond acceptors (Lipinski definition) is 12. The first-order chi connectivity index (χ1) is 20.5. The smallest absolute Gasteiger partial charge is 0.309 e. The molecule has 0 N–H and O–H groups in total. The van der Waals surface area contributed by atoms with E-state index >= 15 is 0 Å². The van der Waals surface area contributed by atoms with Crippen molar-refractivity contribution in [2.75, 3.05) is 52.9 Å².